The summed E-state index contributed by atoms with van der Waals surface area (Å²) < 4.78 is 5.01. The third kappa shape index (κ3) is 5.51. The molecule has 0 aliphatic carbocycles. The van der Waals surface area contributed by atoms with Crippen molar-refractivity contribution in [3.05, 3.63) is 22.4 Å². The maximum atomic E-state index is 11.3. The van der Waals surface area contributed by atoms with Crippen molar-refractivity contribution in [2.75, 3.05) is 26.4 Å². The second-order valence-electron chi connectivity index (χ2n) is 2.99. The molecule has 0 saturated heterocycles. The molecule has 0 fully saturated rings. The maximum absolute atomic E-state index is 11.3. The molecule has 0 aliphatic rings. The van der Waals surface area contributed by atoms with Crippen molar-refractivity contribution in [2.24, 2.45) is 0 Å². The third-order valence-corrected chi connectivity index (χ3v) is 2.48. The zero-order valence-electron chi connectivity index (χ0n) is 8.44. The van der Waals surface area contributed by atoms with Gasteiger partial charge in [-0.3, -0.25) is 4.79 Å². The van der Waals surface area contributed by atoms with Crippen LogP contribution in [0, 0.1) is 0 Å². The van der Waals surface area contributed by atoms with E-state index in [1.54, 1.807) is 11.3 Å². The molecule has 0 bridgehead atoms. The number of aliphatic hydroxyl groups is 1. The van der Waals surface area contributed by atoms with Crippen molar-refractivity contribution in [3.8, 4) is 0 Å². The first-order valence-corrected chi connectivity index (χ1v) is 5.73. The van der Waals surface area contributed by atoms with E-state index < -0.39 is 0 Å². The molecule has 0 atom stereocenters. The zero-order valence-corrected chi connectivity index (χ0v) is 9.26. The van der Waals surface area contributed by atoms with Gasteiger partial charge in [-0.2, -0.15) is 11.3 Å². The summed E-state index contributed by atoms with van der Waals surface area (Å²) in [6.45, 7) is 1.27. The van der Waals surface area contributed by atoms with Gasteiger partial charge >= 0.3 is 0 Å². The number of carbonyl (C=O) groups is 1. The smallest absolute Gasteiger partial charge is 0.224 e. The quantitative estimate of drug-likeness (QED) is 0.666. The molecule has 1 amide bonds. The summed E-state index contributed by atoms with van der Waals surface area (Å²) >= 11 is 1.58. The highest BCUT2D eigenvalue weighted by Crippen LogP contribution is 2.05. The summed E-state index contributed by atoms with van der Waals surface area (Å²) in [7, 11) is 0. The predicted octanol–water partition coefficient (Wildman–Crippen LogP) is 0.416. The molecule has 0 aromatic carbocycles. The molecular formula is C10H15NO3S. The van der Waals surface area contributed by atoms with Crippen molar-refractivity contribution in [3.63, 3.8) is 0 Å². The van der Waals surface area contributed by atoms with E-state index in [9.17, 15) is 4.79 Å². The largest absolute Gasteiger partial charge is 0.394 e. The average molecular weight is 229 g/mol. The van der Waals surface area contributed by atoms with Crippen molar-refractivity contribution in [1.82, 2.24) is 5.32 Å². The van der Waals surface area contributed by atoms with Crippen LogP contribution in [-0.4, -0.2) is 37.4 Å². The summed E-state index contributed by atoms with van der Waals surface area (Å²) in [5.41, 5.74) is 1.04. The highest BCUT2D eigenvalue weighted by Gasteiger charge is 2.02. The molecule has 1 heterocycles. The summed E-state index contributed by atoms with van der Waals surface area (Å²) in [4.78, 5) is 11.3. The van der Waals surface area contributed by atoms with E-state index in [0.717, 1.165) is 5.56 Å². The van der Waals surface area contributed by atoms with Crippen molar-refractivity contribution in [1.29, 1.82) is 0 Å². The monoisotopic (exact) mass is 229 g/mol. The molecule has 4 nitrogen and oxygen atoms in total. The van der Waals surface area contributed by atoms with Gasteiger partial charge in [-0.1, -0.05) is 0 Å². The molecule has 1 rings (SSSR count). The molecular weight excluding hydrogens is 214 g/mol. The van der Waals surface area contributed by atoms with Crippen LogP contribution in [0.15, 0.2) is 16.8 Å². The van der Waals surface area contributed by atoms with Crippen LogP contribution >= 0.6 is 11.3 Å². The standard InChI is InChI=1S/C10H15NO3S/c12-3-5-14-4-2-11-10(13)7-9-1-6-15-8-9/h1,6,8,12H,2-5,7H2,(H,11,13). The normalized spacial score (nSPS) is 10.2. The van der Waals surface area contributed by atoms with Gasteiger partial charge < -0.3 is 15.2 Å². The molecule has 0 saturated carbocycles. The van der Waals surface area contributed by atoms with Crippen LogP contribution in [0.2, 0.25) is 0 Å². The van der Waals surface area contributed by atoms with Crippen molar-refractivity contribution >= 4 is 17.2 Å². The van der Waals surface area contributed by atoms with E-state index in [2.05, 4.69) is 5.32 Å². The van der Waals surface area contributed by atoms with Crippen LogP contribution in [-0.2, 0) is 16.0 Å². The number of amides is 1. The van der Waals surface area contributed by atoms with E-state index in [1.807, 2.05) is 16.8 Å². The van der Waals surface area contributed by atoms with E-state index in [4.69, 9.17) is 9.84 Å². The minimum Gasteiger partial charge on any atom is -0.394 e. The first kappa shape index (κ1) is 12.2. The first-order valence-electron chi connectivity index (χ1n) is 4.79. The third-order valence-electron chi connectivity index (χ3n) is 1.75. The topological polar surface area (TPSA) is 58.6 Å². The van der Waals surface area contributed by atoms with Gasteiger partial charge in [0.2, 0.25) is 5.91 Å². The number of thiophene rings is 1. The lowest BCUT2D eigenvalue weighted by atomic mass is 10.2. The van der Waals surface area contributed by atoms with Crippen LogP contribution in [0.25, 0.3) is 0 Å². The summed E-state index contributed by atoms with van der Waals surface area (Å²) in [6.07, 6.45) is 0.420. The molecule has 0 spiro atoms. The minimum atomic E-state index is 0.000925. The second-order valence-corrected chi connectivity index (χ2v) is 3.77. The van der Waals surface area contributed by atoms with Gasteiger partial charge in [0, 0.05) is 6.54 Å². The Kier molecular flexibility index (Phi) is 5.99. The molecule has 84 valence electrons. The number of ether oxygens (including phenoxy) is 1. The fourth-order valence-corrected chi connectivity index (χ4v) is 1.74. The summed E-state index contributed by atoms with van der Waals surface area (Å²) in [5, 5.41) is 15.1. The van der Waals surface area contributed by atoms with Gasteiger partial charge in [-0.15, -0.1) is 0 Å². The molecule has 0 radical (unpaired) electrons. The molecule has 0 unspecified atom stereocenters. The number of aliphatic hydroxyl groups excluding tert-OH is 1. The highest BCUT2D eigenvalue weighted by atomic mass is 32.1. The molecule has 0 aliphatic heterocycles. The fraction of sp³-hybridized carbons (Fsp3) is 0.500. The van der Waals surface area contributed by atoms with Gasteiger partial charge in [0.25, 0.3) is 0 Å². The van der Waals surface area contributed by atoms with Crippen LogP contribution in [0.4, 0.5) is 0 Å². The lowest BCUT2D eigenvalue weighted by Gasteiger charge is -2.04. The predicted molar refractivity (Wildman–Crippen MR) is 58.9 cm³/mol. The molecule has 2 N–H and O–H groups in total. The zero-order chi connectivity index (χ0) is 10.9. The number of rotatable bonds is 7. The van der Waals surface area contributed by atoms with Gasteiger partial charge in [-0.25, -0.2) is 0 Å². The Bertz CT molecular complexity index is 274. The van der Waals surface area contributed by atoms with Gasteiger partial charge in [0.1, 0.15) is 0 Å². The van der Waals surface area contributed by atoms with Crippen LogP contribution < -0.4 is 5.32 Å². The SMILES string of the molecule is O=C(Cc1ccsc1)NCCOCCO. The van der Waals surface area contributed by atoms with E-state index in [0.29, 0.717) is 26.2 Å². The highest BCUT2D eigenvalue weighted by molar-refractivity contribution is 7.07. The molecule has 1 aromatic heterocycles. The molecule has 5 heteroatoms. The lowest BCUT2D eigenvalue weighted by molar-refractivity contribution is -0.120. The summed E-state index contributed by atoms with van der Waals surface area (Å²) in [6, 6.07) is 1.94. The number of nitrogens with one attached hydrogen (secondary N) is 1. The fourth-order valence-electron chi connectivity index (χ4n) is 1.07. The second kappa shape index (κ2) is 7.39. The van der Waals surface area contributed by atoms with Gasteiger partial charge in [0.15, 0.2) is 0 Å². The Labute approximate surface area is 92.9 Å². The summed E-state index contributed by atoms with van der Waals surface area (Å²) in [5.74, 6) is 0.000925. The Morgan fingerprint density at radius 2 is 2.40 bits per heavy atom. The molecule has 15 heavy (non-hydrogen) atoms. The lowest BCUT2D eigenvalue weighted by Crippen LogP contribution is -2.28. The van der Waals surface area contributed by atoms with E-state index >= 15 is 0 Å². The van der Waals surface area contributed by atoms with Crippen LogP contribution in [0.1, 0.15) is 5.56 Å². The Hall–Kier alpha value is -0.910. The van der Waals surface area contributed by atoms with Crippen molar-refractivity contribution < 1.29 is 14.6 Å². The Balaban J connectivity index is 2.04. The Morgan fingerprint density at radius 3 is 3.07 bits per heavy atom. The Morgan fingerprint density at radius 1 is 1.53 bits per heavy atom. The van der Waals surface area contributed by atoms with E-state index in [1.165, 1.54) is 0 Å². The first-order chi connectivity index (χ1) is 7.33. The average Bonchev–Trinajstić information content (AvgIpc) is 2.70. The number of hydrogen-bond donors (Lipinski definition) is 2. The number of carbonyl (C=O) groups excluding carboxylic acids is 1. The van der Waals surface area contributed by atoms with Crippen molar-refractivity contribution in [2.45, 2.75) is 6.42 Å². The van der Waals surface area contributed by atoms with Crippen LogP contribution in [0.5, 0.6) is 0 Å². The molecule has 1 aromatic rings. The minimum absolute atomic E-state index is 0.000925. The maximum Gasteiger partial charge on any atom is 0.224 e. The van der Waals surface area contributed by atoms with Crippen LogP contribution in [0.3, 0.4) is 0 Å². The van der Waals surface area contributed by atoms with Gasteiger partial charge in [0.05, 0.1) is 26.2 Å². The van der Waals surface area contributed by atoms with E-state index in [-0.39, 0.29) is 12.5 Å². The number of hydrogen-bond acceptors (Lipinski definition) is 4. The van der Waals surface area contributed by atoms with Gasteiger partial charge in [-0.05, 0) is 22.4 Å².